The maximum Gasteiger partial charge on any atom is 0.245 e. The average Bonchev–Trinajstić information content (AvgIpc) is 3.01. The molecule has 1 heterocycles. The zero-order valence-corrected chi connectivity index (χ0v) is 10.1. The van der Waals surface area contributed by atoms with Gasteiger partial charge in [0, 0.05) is 0 Å². The number of tetrazole rings is 1. The van der Waals surface area contributed by atoms with E-state index < -0.39 is 0 Å². The molecule has 92 valence electrons. The zero-order valence-electron chi connectivity index (χ0n) is 10.1. The lowest BCUT2D eigenvalue weighted by Gasteiger charge is -2.05. The first-order chi connectivity index (χ1) is 9.33. The quantitative estimate of drug-likeness (QED) is 0.558. The summed E-state index contributed by atoms with van der Waals surface area (Å²) in [5.74, 6) is 0.301. The van der Waals surface area contributed by atoms with Gasteiger partial charge in [-0.2, -0.15) is 4.68 Å². The monoisotopic (exact) mass is 249 g/mol. The largest absolute Gasteiger partial charge is 0.366 e. The van der Waals surface area contributed by atoms with Crippen molar-refractivity contribution in [1.82, 2.24) is 20.2 Å². The van der Waals surface area contributed by atoms with Crippen molar-refractivity contribution in [1.29, 1.82) is 0 Å². The summed E-state index contributed by atoms with van der Waals surface area (Å²) in [6.45, 7) is 0. The van der Waals surface area contributed by atoms with Gasteiger partial charge in [-0.25, -0.2) is 0 Å². The number of nitrogens with zero attached hydrogens (tertiary/aromatic N) is 4. The topological polar surface area (TPSA) is 69.6 Å². The third-order valence-corrected chi connectivity index (χ3v) is 3.52. The number of rotatable bonds is 1. The number of hydrogen-bond acceptors (Lipinski definition) is 4. The Morgan fingerprint density at radius 1 is 1.00 bits per heavy atom. The van der Waals surface area contributed by atoms with Crippen LogP contribution in [0, 0.1) is 0 Å². The number of nitrogens with two attached hydrogens (primary N) is 1. The molecular formula is C14H11N5. The highest BCUT2D eigenvalue weighted by atomic mass is 15.6. The lowest BCUT2D eigenvalue weighted by Crippen LogP contribution is -2.02. The molecule has 0 amide bonds. The molecule has 1 aliphatic rings. The SMILES string of the molecule is Nc1nnnn1-c1ccc2c(c1)Cc1ccccc1-2. The number of aromatic nitrogens is 4. The van der Waals surface area contributed by atoms with E-state index in [4.69, 9.17) is 5.73 Å². The Kier molecular flexibility index (Phi) is 1.97. The first-order valence-corrected chi connectivity index (χ1v) is 6.08. The molecule has 1 aliphatic carbocycles. The van der Waals surface area contributed by atoms with Crippen molar-refractivity contribution < 1.29 is 0 Å². The number of nitrogen functional groups attached to an aromatic ring is 1. The molecule has 0 aliphatic heterocycles. The Hall–Kier alpha value is -2.69. The van der Waals surface area contributed by atoms with Gasteiger partial charge in [0.05, 0.1) is 5.69 Å². The van der Waals surface area contributed by atoms with Crippen LogP contribution in [0.2, 0.25) is 0 Å². The van der Waals surface area contributed by atoms with E-state index in [1.165, 1.54) is 22.3 Å². The Morgan fingerprint density at radius 3 is 2.68 bits per heavy atom. The van der Waals surface area contributed by atoms with Crippen LogP contribution in [0.1, 0.15) is 11.1 Å². The van der Waals surface area contributed by atoms with Gasteiger partial charge in [-0.05, 0) is 51.2 Å². The van der Waals surface area contributed by atoms with Crippen molar-refractivity contribution in [2.24, 2.45) is 0 Å². The minimum Gasteiger partial charge on any atom is -0.366 e. The second-order valence-electron chi connectivity index (χ2n) is 4.62. The van der Waals surface area contributed by atoms with E-state index >= 15 is 0 Å². The molecular weight excluding hydrogens is 238 g/mol. The summed E-state index contributed by atoms with van der Waals surface area (Å²) < 4.78 is 1.54. The third kappa shape index (κ3) is 1.45. The van der Waals surface area contributed by atoms with E-state index in [9.17, 15) is 0 Å². The van der Waals surface area contributed by atoms with Crippen LogP contribution in [-0.4, -0.2) is 20.2 Å². The fourth-order valence-electron chi connectivity index (χ4n) is 2.64. The fraction of sp³-hybridized carbons (Fsp3) is 0.0714. The highest BCUT2D eigenvalue weighted by Gasteiger charge is 2.18. The Labute approximate surface area is 109 Å². The molecule has 0 fully saturated rings. The molecule has 5 nitrogen and oxygen atoms in total. The first-order valence-electron chi connectivity index (χ1n) is 6.08. The maximum atomic E-state index is 5.73. The van der Waals surface area contributed by atoms with Crippen LogP contribution in [0.25, 0.3) is 16.8 Å². The van der Waals surface area contributed by atoms with Gasteiger partial charge >= 0.3 is 0 Å². The first kappa shape index (κ1) is 10.3. The standard InChI is InChI=1S/C14H11N5/c15-14-16-17-18-19(14)11-5-6-13-10(8-11)7-9-3-1-2-4-12(9)13/h1-6,8H,7H2,(H2,15,16,18). The van der Waals surface area contributed by atoms with Crippen molar-refractivity contribution in [3.05, 3.63) is 53.6 Å². The van der Waals surface area contributed by atoms with Crippen molar-refractivity contribution in [2.45, 2.75) is 6.42 Å². The molecule has 1 aromatic heterocycles. The van der Waals surface area contributed by atoms with Gasteiger partial charge in [0.25, 0.3) is 0 Å². The summed E-state index contributed by atoms with van der Waals surface area (Å²) in [6.07, 6.45) is 0.946. The Morgan fingerprint density at radius 2 is 1.84 bits per heavy atom. The van der Waals surface area contributed by atoms with Crippen molar-refractivity contribution in [2.75, 3.05) is 5.73 Å². The minimum absolute atomic E-state index is 0.301. The van der Waals surface area contributed by atoms with E-state index in [0.717, 1.165) is 12.1 Å². The molecule has 3 aromatic rings. The molecule has 2 aromatic carbocycles. The smallest absolute Gasteiger partial charge is 0.245 e. The maximum absolute atomic E-state index is 5.73. The zero-order chi connectivity index (χ0) is 12.8. The molecule has 0 saturated carbocycles. The molecule has 0 unspecified atom stereocenters. The van der Waals surface area contributed by atoms with Crippen LogP contribution < -0.4 is 5.73 Å². The van der Waals surface area contributed by atoms with E-state index in [-0.39, 0.29) is 0 Å². The van der Waals surface area contributed by atoms with E-state index in [1.807, 2.05) is 6.07 Å². The minimum atomic E-state index is 0.301. The average molecular weight is 249 g/mol. The summed E-state index contributed by atoms with van der Waals surface area (Å²) in [7, 11) is 0. The highest BCUT2D eigenvalue weighted by Crippen LogP contribution is 2.37. The van der Waals surface area contributed by atoms with Crippen molar-refractivity contribution >= 4 is 5.95 Å². The fourth-order valence-corrected chi connectivity index (χ4v) is 2.64. The van der Waals surface area contributed by atoms with Gasteiger partial charge in [0.2, 0.25) is 5.95 Å². The molecule has 2 N–H and O–H groups in total. The summed E-state index contributed by atoms with van der Waals surface area (Å²) in [5, 5.41) is 11.2. The molecule has 5 heteroatoms. The molecule has 0 radical (unpaired) electrons. The van der Waals surface area contributed by atoms with Crippen LogP contribution in [0.4, 0.5) is 5.95 Å². The van der Waals surface area contributed by atoms with Crippen LogP contribution in [0.15, 0.2) is 42.5 Å². The lowest BCUT2D eigenvalue weighted by atomic mass is 10.1. The van der Waals surface area contributed by atoms with Crippen LogP contribution in [-0.2, 0) is 6.42 Å². The number of anilines is 1. The molecule has 19 heavy (non-hydrogen) atoms. The van der Waals surface area contributed by atoms with Gasteiger partial charge in [-0.1, -0.05) is 35.4 Å². The normalized spacial score (nSPS) is 12.2. The lowest BCUT2D eigenvalue weighted by molar-refractivity contribution is 0.791. The number of hydrogen-bond donors (Lipinski definition) is 1. The van der Waals surface area contributed by atoms with Crippen molar-refractivity contribution in [3.8, 4) is 16.8 Å². The van der Waals surface area contributed by atoms with Crippen LogP contribution in [0.5, 0.6) is 0 Å². The number of benzene rings is 2. The summed E-state index contributed by atoms with van der Waals surface area (Å²) in [4.78, 5) is 0. The third-order valence-electron chi connectivity index (χ3n) is 3.52. The molecule has 4 rings (SSSR count). The van der Waals surface area contributed by atoms with Crippen LogP contribution in [0.3, 0.4) is 0 Å². The Balaban J connectivity index is 1.86. The van der Waals surface area contributed by atoms with Gasteiger partial charge in [0.15, 0.2) is 0 Å². The predicted octanol–water partition coefficient (Wildman–Crippen LogP) is 1.82. The highest BCUT2D eigenvalue weighted by molar-refractivity contribution is 5.77. The number of fused-ring (bicyclic) bond motifs is 3. The van der Waals surface area contributed by atoms with Gasteiger partial charge in [0.1, 0.15) is 0 Å². The Bertz CT molecular complexity index is 775. The van der Waals surface area contributed by atoms with E-state index in [2.05, 4.69) is 51.9 Å². The molecule has 0 atom stereocenters. The molecule has 0 spiro atoms. The summed E-state index contributed by atoms with van der Waals surface area (Å²) in [5.41, 5.74) is 11.9. The summed E-state index contributed by atoms with van der Waals surface area (Å²) >= 11 is 0. The van der Waals surface area contributed by atoms with Crippen molar-refractivity contribution in [3.63, 3.8) is 0 Å². The molecule has 0 saturated heterocycles. The molecule has 0 bridgehead atoms. The van der Waals surface area contributed by atoms with E-state index in [0.29, 0.717) is 5.95 Å². The second kappa shape index (κ2) is 3.65. The second-order valence-corrected chi connectivity index (χ2v) is 4.62. The summed E-state index contributed by atoms with van der Waals surface area (Å²) in [6, 6.07) is 14.7. The van der Waals surface area contributed by atoms with Gasteiger partial charge in [-0.3, -0.25) is 0 Å². The van der Waals surface area contributed by atoms with Gasteiger partial charge < -0.3 is 5.73 Å². The van der Waals surface area contributed by atoms with E-state index in [1.54, 1.807) is 4.68 Å². The van der Waals surface area contributed by atoms with Crippen LogP contribution >= 0.6 is 0 Å². The predicted molar refractivity (Wildman–Crippen MR) is 71.8 cm³/mol. The van der Waals surface area contributed by atoms with Gasteiger partial charge in [-0.15, -0.1) is 0 Å².